The summed E-state index contributed by atoms with van der Waals surface area (Å²) in [6.07, 6.45) is 1.42. The van der Waals surface area contributed by atoms with Gasteiger partial charge in [0.05, 0.1) is 17.3 Å². The lowest BCUT2D eigenvalue weighted by Crippen LogP contribution is -2.18. The van der Waals surface area contributed by atoms with Gasteiger partial charge >= 0.3 is 5.97 Å². The lowest BCUT2D eigenvalue weighted by Gasteiger charge is -2.11. The van der Waals surface area contributed by atoms with E-state index in [1.165, 1.54) is 12.3 Å². The van der Waals surface area contributed by atoms with E-state index in [-0.39, 0.29) is 17.1 Å². The zero-order chi connectivity index (χ0) is 25.1. The summed E-state index contributed by atoms with van der Waals surface area (Å²) in [5, 5.41) is 18.3. The molecule has 0 spiro atoms. The molecule has 0 saturated heterocycles. The van der Waals surface area contributed by atoms with E-state index in [2.05, 4.69) is 10.5 Å². The van der Waals surface area contributed by atoms with Gasteiger partial charge in [-0.1, -0.05) is 66.2 Å². The van der Waals surface area contributed by atoms with Gasteiger partial charge in [0.15, 0.2) is 0 Å². The van der Waals surface area contributed by atoms with Crippen molar-refractivity contribution in [2.75, 3.05) is 0 Å². The molecule has 5 aromatic carbocycles. The molecule has 0 fully saturated rings. The van der Waals surface area contributed by atoms with E-state index in [4.69, 9.17) is 16.3 Å². The first-order valence-corrected chi connectivity index (χ1v) is 11.4. The molecule has 2 N–H and O–H groups in total. The van der Waals surface area contributed by atoms with Gasteiger partial charge in [-0.05, 0) is 64.0 Å². The molecule has 0 atom stereocenters. The summed E-state index contributed by atoms with van der Waals surface area (Å²) >= 11 is 5.91. The lowest BCUT2D eigenvalue weighted by atomic mass is 10.0. The van der Waals surface area contributed by atoms with E-state index in [9.17, 15) is 14.7 Å². The topological polar surface area (TPSA) is 88.0 Å². The predicted molar refractivity (Wildman–Crippen MR) is 141 cm³/mol. The van der Waals surface area contributed by atoms with Crippen molar-refractivity contribution in [3.8, 4) is 11.5 Å². The van der Waals surface area contributed by atoms with Crippen LogP contribution in [-0.2, 0) is 0 Å². The summed E-state index contributed by atoms with van der Waals surface area (Å²) < 4.78 is 5.66. The van der Waals surface area contributed by atoms with E-state index in [1.807, 2.05) is 54.6 Å². The molecule has 0 radical (unpaired) electrons. The molecule has 1 amide bonds. The molecule has 0 bridgehead atoms. The van der Waals surface area contributed by atoms with Crippen LogP contribution in [0.25, 0.3) is 21.5 Å². The third-order valence-corrected chi connectivity index (χ3v) is 5.93. The number of halogens is 1. The molecule has 5 rings (SSSR count). The molecule has 0 heterocycles. The summed E-state index contributed by atoms with van der Waals surface area (Å²) in [4.78, 5) is 25.5. The average molecular weight is 495 g/mol. The normalized spacial score (nSPS) is 11.1. The SMILES string of the molecule is O=C(Oc1ccc2ccccc2c1/C=N/NC(=O)c1cc2ccccc2cc1O)c1ccc(Cl)cc1. The van der Waals surface area contributed by atoms with Gasteiger partial charge in [0, 0.05) is 10.6 Å². The maximum Gasteiger partial charge on any atom is 0.343 e. The number of esters is 1. The van der Waals surface area contributed by atoms with Crippen molar-refractivity contribution in [3.63, 3.8) is 0 Å². The third kappa shape index (κ3) is 4.76. The zero-order valence-corrected chi connectivity index (χ0v) is 19.6. The van der Waals surface area contributed by atoms with Crippen molar-refractivity contribution >= 4 is 51.2 Å². The van der Waals surface area contributed by atoms with Crippen LogP contribution >= 0.6 is 11.6 Å². The van der Waals surface area contributed by atoms with Crippen LogP contribution in [0, 0.1) is 0 Å². The van der Waals surface area contributed by atoms with Crippen LogP contribution in [0.2, 0.25) is 5.02 Å². The fraction of sp³-hybridized carbons (Fsp3) is 0. The second kappa shape index (κ2) is 9.90. The number of carbonyl (C=O) groups excluding carboxylic acids is 2. The zero-order valence-electron chi connectivity index (χ0n) is 18.8. The van der Waals surface area contributed by atoms with Crippen LogP contribution in [0.3, 0.4) is 0 Å². The first-order chi connectivity index (χ1) is 17.5. The second-order valence-corrected chi connectivity index (χ2v) is 8.45. The number of nitrogens with one attached hydrogen (secondary N) is 1. The lowest BCUT2D eigenvalue weighted by molar-refractivity contribution is 0.0734. The van der Waals surface area contributed by atoms with Crippen LogP contribution < -0.4 is 10.2 Å². The van der Waals surface area contributed by atoms with Gasteiger partial charge in [0.2, 0.25) is 0 Å². The van der Waals surface area contributed by atoms with Crippen LogP contribution in [0.5, 0.6) is 11.5 Å². The number of amides is 1. The van der Waals surface area contributed by atoms with Gasteiger partial charge in [0.25, 0.3) is 5.91 Å². The van der Waals surface area contributed by atoms with Crippen molar-refractivity contribution < 1.29 is 19.4 Å². The molecule has 0 saturated carbocycles. The first-order valence-electron chi connectivity index (χ1n) is 11.0. The molecular weight excluding hydrogens is 476 g/mol. The number of rotatable bonds is 5. The molecular formula is C29H19ClN2O4. The van der Waals surface area contributed by atoms with E-state index >= 15 is 0 Å². The Kier molecular flexibility index (Phi) is 6.34. The Bertz CT molecular complexity index is 1650. The number of aromatic hydroxyl groups is 1. The minimum atomic E-state index is -0.575. The fourth-order valence-corrected chi connectivity index (χ4v) is 3.99. The van der Waals surface area contributed by atoms with Gasteiger partial charge in [0.1, 0.15) is 11.5 Å². The second-order valence-electron chi connectivity index (χ2n) is 8.01. The van der Waals surface area contributed by atoms with Crippen LogP contribution in [-0.4, -0.2) is 23.2 Å². The van der Waals surface area contributed by atoms with Crippen molar-refractivity contribution in [1.82, 2.24) is 5.43 Å². The van der Waals surface area contributed by atoms with E-state index in [0.717, 1.165) is 21.5 Å². The number of carbonyl (C=O) groups is 2. The molecule has 6 nitrogen and oxygen atoms in total. The summed E-state index contributed by atoms with van der Waals surface area (Å²) in [5.41, 5.74) is 3.40. The number of hydrogen-bond donors (Lipinski definition) is 2. The van der Waals surface area contributed by atoms with Gasteiger partial charge in [-0.25, -0.2) is 10.2 Å². The molecule has 0 aromatic heterocycles. The molecule has 0 aliphatic rings. The Labute approximate surface area is 211 Å². The van der Waals surface area contributed by atoms with Gasteiger partial charge in [-0.15, -0.1) is 0 Å². The Morgan fingerprint density at radius 1 is 0.833 bits per heavy atom. The number of hydrogen-bond acceptors (Lipinski definition) is 5. The summed E-state index contributed by atoms with van der Waals surface area (Å²) in [6, 6.07) is 28.0. The monoisotopic (exact) mass is 494 g/mol. The number of hydrazone groups is 1. The molecule has 0 aliphatic carbocycles. The highest BCUT2D eigenvalue weighted by Crippen LogP contribution is 2.28. The first kappa shape index (κ1) is 23.1. The summed E-state index contributed by atoms with van der Waals surface area (Å²) in [7, 11) is 0. The molecule has 36 heavy (non-hydrogen) atoms. The highest BCUT2D eigenvalue weighted by Gasteiger charge is 2.15. The Hall–Kier alpha value is -4.68. The minimum absolute atomic E-state index is 0.0955. The number of fused-ring (bicyclic) bond motifs is 2. The largest absolute Gasteiger partial charge is 0.507 e. The average Bonchev–Trinajstić information content (AvgIpc) is 2.89. The van der Waals surface area contributed by atoms with Crippen molar-refractivity contribution in [2.45, 2.75) is 0 Å². The minimum Gasteiger partial charge on any atom is -0.507 e. The standard InChI is InChI=1S/C29H19ClN2O4/c30-22-12-9-19(10-13-22)29(35)36-27-14-11-18-5-3-4-8-23(18)25(27)17-31-32-28(34)24-15-20-6-1-2-7-21(20)16-26(24)33/h1-17,33H,(H,32,34)/b31-17+. The molecule has 176 valence electrons. The molecule has 7 heteroatoms. The molecule has 5 aromatic rings. The van der Waals surface area contributed by atoms with Crippen molar-refractivity contribution in [1.29, 1.82) is 0 Å². The van der Waals surface area contributed by atoms with Gasteiger partial charge < -0.3 is 9.84 Å². The third-order valence-electron chi connectivity index (χ3n) is 5.68. The van der Waals surface area contributed by atoms with Crippen molar-refractivity contribution in [2.24, 2.45) is 5.10 Å². The number of ether oxygens (including phenoxy) is 1. The van der Waals surface area contributed by atoms with E-state index < -0.39 is 11.9 Å². The summed E-state index contributed by atoms with van der Waals surface area (Å²) in [6.45, 7) is 0. The van der Waals surface area contributed by atoms with Gasteiger partial charge in [-0.3, -0.25) is 4.79 Å². The number of benzene rings is 5. The quantitative estimate of drug-likeness (QED) is 0.129. The predicted octanol–water partition coefficient (Wildman–Crippen LogP) is 6.34. The number of nitrogens with zero attached hydrogens (tertiary/aromatic N) is 1. The highest BCUT2D eigenvalue weighted by molar-refractivity contribution is 6.30. The Morgan fingerprint density at radius 2 is 1.50 bits per heavy atom. The van der Waals surface area contributed by atoms with Crippen LogP contribution in [0.4, 0.5) is 0 Å². The van der Waals surface area contributed by atoms with Crippen LogP contribution in [0.15, 0.2) is 102 Å². The highest BCUT2D eigenvalue weighted by atomic mass is 35.5. The number of phenolic OH excluding ortho intramolecular Hbond substituents is 1. The maximum absolute atomic E-state index is 12.8. The Morgan fingerprint density at radius 3 is 2.25 bits per heavy atom. The molecule has 0 unspecified atom stereocenters. The van der Waals surface area contributed by atoms with Crippen LogP contribution in [0.1, 0.15) is 26.3 Å². The fourth-order valence-electron chi connectivity index (χ4n) is 3.87. The smallest absolute Gasteiger partial charge is 0.343 e. The number of phenols is 1. The molecule has 0 aliphatic heterocycles. The Balaban J connectivity index is 1.44. The van der Waals surface area contributed by atoms with Crippen molar-refractivity contribution in [3.05, 3.63) is 119 Å². The van der Waals surface area contributed by atoms with Gasteiger partial charge in [-0.2, -0.15) is 5.10 Å². The maximum atomic E-state index is 12.8. The van der Waals surface area contributed by atoms with E-state index in [1.54, 1.807) is 36.4 Å². The van der Waals surface area contributed by atoms with E-state index in [0.29, 0.717) is 16.1 Å². The summed E-state index contributed by atoms with van der Waals surface area (Å²) in [5.74, 6) is -1.000.